The molecule has 102 valence electrons. The third-order valence-electron chi connectivity index (χ3n) is 3.23. The van der Waals surface area contributed by atoms with E-state index in [9.17, 15) is 0 Å². The quantitative estimate of drug-likeness (QED) is 0.789. The summed E-state index contributed by atoms with van der Waals surface area (Å²) in [5.74, 6) is 1.19. The first-order chi connectivity index (χ1) is 9.75. The second-order valence-corrected chi connectivity index (χ2v) is 5.07. The molecule has 0 amide bonds. The third-order valence-corrected chi connectivity index (χ3v) is 3.23. The van der Waals surface area contributed by atoms with E-state index in [0.29, 0.717) is 5.92 Å². The van der Waals surface area contributed by atoms with Crippen molar-refractivity contribution in [1.82, 2.24) is 20.0 Å². The SMILES string of the molecule is CC(C)C(Nc1ccccn1)n1nnc2ccccc21. The van der Waals surface area contributed by atoms with Crippen molar-refractivity contribution < 1.29 is 0 Å². The maximum absolute atomic E-state index is 4.32. The molecular formula is C15H17N5. The van der Waals surface area contributed by atoms with Crippen LogP contribution in [0.25, 0.3) is 11.0 Å². The predicted octanol–water partition coefficient (Wildman–Crippen LogP) is 3.09. The number of fused-ring (bicyclic) bond motifs is 1. The molecule has 5 heteroatoms. The highest BCUT2D eigenvalue weighted by Gasteiger charge is 2.19. The van der Waals surface area contributed by atoms with Crippen LogP contribution in [0.1, 0.15) is 20.0 Å². The van der Waals surface area contributed by atoms with E-state index in [1.165, 1.54) is 0 Å². The highest BCUT2D eigenvalue weighted by Crippen LogP contribution is 2.23. The van der Waals surface area contributed by atoms with Crippen LogP contribution in [0.5, 0.6) is 0 Å². The fourth-order valence-corrected chi connectivity index (χ4v) is 2.20. The maximum Gasteiger partial charge on any atom is 0.127 e. The van der Waals surface area contributed by atoms with Gasteiger partial charge in [-0.3, -0.25) is 0 Å². The van der Waals surface area contributed by atoms with Crippen LogP contribution in [0.15, 0.2) is 48.7 Å². The minimum Gasteiger partial charge on any atom is -0.348 e. The minimum atomic E-state index is 0.0114. The summed E-state index contributed by atoms with van der Waals surface area (Å²) in [6.07, 6.45) is 1.79. The first-order valence-corrected chi connectivity index (χ1v) is 6.73. The first-order valence-electron chi connectivity index (χ1n) is 6.73. The average molecular weight is 267 g/mol. The Morgan fingerprint density at radius 3 is 2.60 bits per heavy atom. The molecule has 1 unspecified atom stereocenters. The van der Waals surface area contributed by atoms with E-state index in [2.05, 4.69) is 34.5 Å². The van der Waals surface area contributed by atoms with Crippen LogP contribution in [-0.2, 0) is 0 Å². The second kappa shape index (κ2) is 5.28. The number of pyridine rings is 1. The number of nitrogens with one attached hydrogen (secondary N) is 1. The van der Waals surface area contributed by atoms with Crippen molar-refractivity contribution in [2.75, 3.05) is 5.32 Å². The van der Waals surface area contributed by atoms with Gasteiger partial charge in [0.25, 0.3) is 0 Å². The highest BCUT2D eigenvalue weighted by molar-refractivity contribution is 5.74. The second-order valence-electron chi connectivity index (χ2n) is 5.07. The van der Waals surface area contributed by atoms with E-state index in [0.717, 1.165) is 16.9 Å². The molecule has 5 nitrogen and oxygen atoms in total. The van der Waals surface area contributed by atoms with E-state index >= 15 is 0 Å². The Kier molecular flexibility index (Phi) is 3.33. The normalized spacial score (nSPS) is 12.8. The summed E-state index contributed by atoms with van der Waals surface area (Å²) < 4.78 is 1.93. The number of nitrogens with zero attached hydrogens (tertiary/aromatic N) is 4. The van der Waals surface area contributed by atoms with Gasteiger partial charge >= 0.3 is 0 Å². The largest absolute Gasteiger partial charge is 0.348 e. The molecule has 0 aliphatic rings. The van der Waals surface area contributed by atoms with Crippen LogP contribution >= 0.6 is 0 Å². The van der Waals surface area contributed by atoms with E-state index in [4.69, 9.17) is 0 Å². The number of benzene rings is 1. The molecule has 3 aromatic rings. The molecule has 0 saturated heterocycles. The Morgan fingerprint density at radius 1 is 1.05 bits per heavy atom. The molecule has 0 radical (unpaired) electrons. The number of anilines is 1. The Labute approximate surface area is 117 Å². The van der Waals surface area contributed by atoms with Gasteiger partial charge in [-0.05, 0) is 30.2 Å². The van der Waals surface area contributed by atoms with Gasteiger partial charge in [-0.15, -0.1) is 5.10 Å². The first kappa shape index (κ1) is 12.6. The van der Waals surface area contributed by atoms with Crippen molar-refractivity contribution in [3.05, 3.63) is 48.7 Å². The van der Waals surface area contributed by atoms with Gasteiger partial charge in [-0.25, -0.2) is 9.67 Å². The van der Waals surface area contributed by atoms with Crippen LogP contribution < -0.4 is 5.32 Å². The Balaban J connectivity index is 1.98. The Hall–Kier alpha value is -2.43. The topological polar surface area (TPSA) is 55.6 Å². The lowest BCUT2D eigenvalue weighted by atomic mass is 10.1. The van der Waals surface area contributed by atoms with Gasteiger partial charge in [0.2, 0.25) is 0 Å². The lowest BCUT2D eigenvalue weighted by molar-refractivity contribution is 0.387. The monoisotopic (exact) mass is 267 g/mol. The van der Waals surface area contributed by atoms with Crippen molar-refractivity contribution >= 4 is 16.9 Å². The number of aromatic nitrogens is 4. The van der Waals surface area contributed by atoms with Crippen LogP contribution in [0.3, 0.4) is 0 Å². The van der Waals surface area contributed by atoms with Gasteiger partial charge in [0.05, 0.1) is 5.52 Å². The van der Waals surface area contributed by atoms with Gasteiger partial charge in [0.15, 0.2) is 0 Å². The van der Waals surface area contributed by atoms with Crippen molar-refractivity contribution in [3.63, 3.8) is 0 Å². The molecule has 2 aromatic heterocycles. The van der Waals surface area contributed by atoms with E-state index < -0.39 is 0 Å². The smallest absolute Gasteiger partial charge is 0.127 e. The van der Waals surface area contributed by atoms with E-state index in [-0.39, 0.29) is 6.17 Å². The van der Waals surface area contributed by atoms with Crippen LogP contribution in [-0.4, -0.2) is 20.0 Å². The van der Waals surface area contributed by atoms with E-state index in [1.807, 2.05) is 47.1 Å². The van der Waals surface area contributed by atoms with Gasteiger partial charge in [0, 0.05) is 6.20 Å². The molecule has 1 aromatic carbocycles. The summed E-state index contributed by atoms with van der Waals surface area (Å²) in [4.78, 5) is 4.32. The van der Waals surface area contributed by atoms with Gasteiger partial charge in [-0.2, -0.15) is 0 Å². The molecule has 20 heavy (non-hydrogen) atoms. The summed E-state index contributed by atoms with van der Waals surface area (Å²) in [6.45, 7) is 4.30. The molecule has 3 rings (SSSR count). The summed E-state index contributed by atoms with van der Waals surface area (Å²) in [6, 6.07) is 13.8. The molecule has 0 aliphatic carbocycles. The zero-order chi connectivity index (χ0) is 13.9. The van der Waals surface area contributed by atoms with Crippen LogP contribution in [0, 0.1) is 5.92 Å². The third kappa shape index (κ3) is 2.34. The molecule has 0 spiro atoms. The molecule has 2 heterocycles. The summed E-state index contributed by atoms with van der Waals surface area (Å²) in [5.41, 5.74) is 1.93. The summed E-state index contributed by atoms with van der Waals surface area (Å²) >= 11 is 0. The lowest BCUT2D eigenvalue weighted by Crippen LogP contribution is -2.25. The van der Waals surface area contributed by atoms with Crippen LogP contribution in [0.4, 0.5) is 5.82 Å². The van der Waals surface area contributed by atoms with Crippen molar-refractivity contribution in [2.45, 2.75) is 20.0 Å². The maximum atomic E-state index is 4.32. The standard InChI is InChI=1S/C15H17N5/c1-11(2)15(17-14-9-5-6-10-16-14)20-13-8-4-3-7-12(13)18-19-20/h3-11,15H,1-2H3,(H,16,17). The zero-order valence-corrected chi connectivity index (χ0v) is 11.6. The highest BCUT2D eigenvalue weighted by atomic mass is 15.5. The number of para-hydroxylation sites is 1. The van der Waals surface area contributed by atoms with Gasteiger partial charge in [0.1, 0.15) is 17.5 Å². The van der Waals surface area contributed by atoms with Crippen molar-refractivity contribution in [1.29, 1.82) is 0 Å². The zero-order valence-electron chi connectivity index (χ0n) is 11.6. The number of hydrogen-bond acceptors (Lipinski definition) is 4. The van der Waals surface area contributed by atoms with Crippen LogP contribution in [0.2, 0.25) is 0 Å². The molecule has 0 aliphatic heterocycles. The molecule has 0 saturated carbocycles. The Bertz CT molecular complexity index is 690. The fourth-order valence-electron chi connectivity index (χ4n) is 2.20. The van der Waals surface area contributed by atoms with Crippen molar-refractivity contribution in [2.24, 2.45) is 5.92 Å². The predicted molar refractivity (Wildman–Crippen MR) is 79.3 cm³/mol. The number of hydrogen-bond donors (Lipinski definition) is 1. The van der Waals surface area contributed by atoms with Gasteiger partial charge in [-0.1, -0.05) is 37.3 Å². The summed E-state index contributed by atoms with van der Waals surface area (Å²) in [5, 5.41) is 11.9. The number of rotatable bonds is 4. The molecular weight excluding hydrogens is 250 g/mol. The molecule has 0 fully saturated rings. The average Bonchev–Trinajstić information content (AvgIpc) is 2.89. The fraction of sp³-hybridized carbons (Fsp3) is 0.267. The van der Waals surface area contributed by atoms with Gasteiger partial charge < -0.3 is 5.32 Å². The summed E-state index contributed by atoms with van der Waals surface area (Å²) in [7, 11) is 0. The molecule has 0 bridgehead atoms. The molecule has 1 atom stereocenters. The minimum absolute atomic E-state index is 0.0114. The van der Waals surface area contributed by atoms with Crippen molar-refractivity contribution in [3.8, 4) is 0 Å². The Morgan fingerprint density at radius 2 is 1.85 bits per heavy atom. The lowest BCUT2D eigenvalue weighted by Gasteiger charge is -2.23. The van der Waals surface area contributed by atoms with E-state index in [1.54, 1.807) is 6.20 Å². The molecule has 1 N–H and O–H groups in total.